The van der Waals surface area contributed by atoms with Gasteiger partial charge in [-0.2, -0.15) is 0 Å². The van der Waals surface area contributed by atoms with Crippen LogP contribution < -0.4 is 5.32 Å². The Bertz CT molecular complexity index is 493. The summed E-state index contributed by atoms with van der Waals surface area (Å²) in [5.41, 5.74) is 1.66. The van der Waals surface area contributed by atoms with Gasteiger partial charge in [-0.05, 0) is 31.4 Å². The van der Waals surface area contributed by atoms with Gasteiger partial charge in [0, 0.05) is 25.7 Å². The fraction of sp³-hybridized carbons (Fsp3) is 0.600. The second kappa shape index (κ2) is 7.38. The monoisotopic (exact) mass is 293 g/mol. The number of likely N-dealkylation sites (tertiary alicyclic amines) is 1. The molecule has 6 nitrogen and oxygen atoms in total. The summed E-state index contributed by atoms with van der Waals surface area (Å²) >= 11 is 0. The van der Waals surface area contributed by atoms with Crippen LogP contribution in [-0.2, 0) is 6.54 Å². The highest BCUT2D eigenvalue weighted by molar-refractivity contribution is 5.66. The van der Waals surface area contributed by atoms with E-state index in [0.29, 0.717) is 25.3 Å². The SMILES string of the molecule is CCCNc1c(CN2CCCC(O)C2)cccc1[N+](=O)[O-]. The van der Waals surface area contributed by atoms with Crippen LogP contribution in [0.2, 0.25) is 0 Å². The highest BCUT2D eigenvalue weighted by atomic mass is 16.6. The molecule has 1 unspecified atom stereocenters. The number of nitro groups is 1. The molecule has 1 heterocycles. The molecule has 0 spiro atoms. The number of aliphatic hydroxyl groups is 1. The van der Waals surface area contributed by atoms with E-state index in [1.165, 1.54) is 6.07 Å². The molecule has 1 aromatic rings. The Morgan fingerprint density at radius 1 is 1.52 bits per heavy atom. The largest absolute Gasteiger partial charge is 0.392 e. The van der Waals surface area contributed by atoms with Crippen molar-refractivity contribution in [3.63, 3.8) is 0 Å². The molecule has 0 radical (unpaired) electrons. The number of nitro benzene ring substituents is 1. The van der Waals surface area contributed by atoms with Crippen LogP contribution in [0.25, 0.3) is 0 Å². The van der Waals surface area contributed by atoms with E-state index >= 15 is 0 Å². The normalized spacial score (nSPS) is 19.4. The molecular formula is C15H23N3O3. The van der Waals surface area contributed by atoms with Gasteiger partial charge in [-0.25, -0.2) is 0 Å². The summed E-state index contributed by atoms with van der Waals surface area (Å²) in [6.07, 6.45) is 2.43. The lowest BCUT2D eigenvalue weighted by Crippen LogP contribution is -2.37. The first-order valence-electron chi connectivity index (χ1n) is 7.52. The van der Waals surface area contributed by atoms with Crippen LogP contribution in [-0.4, -0.2) is 40.7 Å². The first-order chi connectivity index (χ1) is 10.1. The summed E-state index contributed by atoms with van der Waals surface area (Å²) in [6.45, 7) is 4.93. The summed E-state index contributed by atoms with van der Waals surface area (Å²) in [7, 11) is 0. The third-order valence-electron chi connectivity index (χ3n) is 3.75. The second-order valence-corrected chi connectivity index (χ2v) is 5.53. The van der Waals surface area contributed by atoms with E-state index in [1.54, 1.807) is 6.07 Å². The molecule has 6 heteroatoms. The minimum atomic E-state index is -0.341. The van der Waals surface area contributed by atoms with Gasteiger partial charge in [0.05, 0.1) is 11.0 Å². The van der Waals surface area contributed by atoms with Crippen molar-refractivity contribution in [2.45, 2.75) is 38.8 Å². The van der Waals surface area contributed by atoms with Gasteiger partial charge in [0.25, 0.3) is 5.69 Å². The molecule has 2 rings (SSSR count). The van der Waals surface area contributed by atoms with E-state index in [1.807, 2.05) is 13.0 Å². The summed E-state index contributed by atoms with van der Waals surface area (Å²) in [4.78, 5) is 13.0. The van der Waals surface area contributed by atoms with Crippen molar-refractivity contribution in [2.24, 2.45) is 0 Å². The number of anilines is 1. The summed E-state index contributed by atoms with van der Waals surface area (Å²) in [5.74, 6) is 0. The fourth-order valence-electron chi connectivity index (χ4n) is 2.74. The van der Waals surface area contributed by atoms with E-state index in [4.69, 9.17) is 0 Å². The fourth-order valence-corrected chi connectivity index (χ4v) is 2.74. The lowest BCUT2D eigenvalue weighted by atomic mass is 10.1. The second-order valence-electron chi connectivity index (χ2n) is 5.53. The molecule has 21 heavy (non-hydrogen) atoms. The van der Waals surface area contributed by atoms with Gasteiger partial charge in [0.2, 0.25) is 0 Å². The van der Waals surface area contributed by atoms with Gasteiger partial charge in [-0.3, -0.25) is 15.0 Å². The molecule has 0 bridgehead atoms. The zero-order valence-corrected chi connectivity index (χ0v) is 12.4. The van der Waals surface area contributed by atoms with Crippen LogP contribution in [0.3, 0.4) is 0 Å². The number of benzene rings is 1. The zero-order chi connectivity index (χ0) is 15.2. The Kier molecular flexibility index (Phi) is 5.52. The van der Waals surface area contributed by atoms with Crippen LogP contribution >= 0.6 is 0 Å². The number of nitrogens with zero attached hydrogens (tertiary/aromatic N) is 2. The Balaban J connectivity index is 2.20. The molecule has 2 N–H and O–H groups in total. The third kappa shape index (κ3) is 4.15. The molecule has 0 aliphatic carbocycles. The van der Waals surface area contributed by atoms with E-state index in [9.17, 15) is 15.2 Å². The maximum absolute atomic E-state index is 11.2. The van der Waals surface area contributed by atoms with Crippen molar-refractivity contribution in [2.75, 3.05) is 25.0 Å². The Hall–Kier alpha value is -1.66. The van der Waals surface area contributed by atoms with Crippen LogP contribution in [0.5, 0.6) is 0 Å². The highest BCUT2D eigenvalue weighted by Gasteiger charge is 2.22. The van der Waals surface area contributed by atoms with Crippen molar-refractivity contribution < 1.29 is 10.0 Å². The number of nitrogens with one attached hydrogen (secondary N) is 1. The van der Waals surface area contributed by atoms with Crippen molar-refractivity contribution in [3.8, 4) is 0 Å². The van der Waals surface area contributed by atoms with Crippen LogP contribution in [0.15, 0.2) is 18.2 Å². The van der Waals surface area contributed by atoms with Crippen molar-refractivity contribution >= 4 is 11.4 Å². The summed E-state index contributed by atoms with van der Waals surface area (Å²) < 4.78 is 0. The zero-order valence-electron chi connectivity index (χ0n) is 12.4. The summed E-state index contributed by atoms with van der Waals surface area (Å²) in [6, 6.07) is 5.18. The number of rotatable bonds is 6. The highest BCUT2D eigenvalue weighted by Crippen LogP contribution is 2.29. The molecule has 1 saturated heterocycles. The maximum Gasteiger partial charge on any atom is 0.292 e. The van der Waals surface area contributed by atoms with Crippen molar-refractivity contribution in [3.05, 3.63) is 33.9 Å². The van der Waals surface area contributed by atoms with Crippen molar-refractivity contribution in [1.29, 1.82) is 0 Å². The molecule has 0 amide bonds. The number of para-hydroxylation sites is 1. The minimum absolute atomic E-state index is 0.124. The number of aliphatic hydroxyl groups excluding tert-OH is 1. The van der Waals surface area contributed by atoms with Crippen molar-refractivity contribution in [1.82, 2.24) is 4.90 Å². The topological polar surface area (TPSA) is 78.6 Å². The number of β-amino-alcohol motifs (C(OH)–C–C–N with tert-alkyl or cyclic N) is 1. The van der Waals surface area contributed by atoms with Gasteiger partial charge in [0.15, 0.2) is 0 Å². The molecule has 1 fully saturated rings. The predicted octanol–water partition coefficient (Wildman–Crippen LogP) is 2.37. The first-order valence-corrected chi connectivity index (χ1v) is 7.52. The molecule has 0 aromatic heterocycles. The predicted molar refractivity (Wildman–Crippen MR) is 82.4 cm³/mol. The third-order valence-corrected chi connectivity index (χ3v) is 3.75. The van der Waals surface area contributed by atoms with Gasteiger partial charge < -0.3 is 10.4 Å². The smallest absolute Gasteiger partial charge is 0.292 e. The number of piperidine rings is 1. The van der Waals surface area contributed by atoms with Crippen LogP contribution in [0, 0.1) is 10.1 Å². The molecule has 1 aromatic carbocycles. The van der Waals surface area contributed by atoms with Gasteiger partial charge in [0.1, 0.15) is 5.69 Å². The molecule has 116 valence electrons. The van der Waals surface area contributed by atoms with Crippen LogP contribution in [0.1, 0.15) is 31.7 Å². The van der Waals surface area contributed by atoms with E-state index in [0.717, 1.165) is 31.4 Å². The van der Waals surface area contributed by atoms with Crippen LogP contribution in [0.4, 0.5) is 11.4 Å². The maximum atomic E-state index is 11.2. The van der Waals surface area contributed by atoms with E-state index in [2.05, 4.69) is 10.2 Å². The molecule has 1 aliphatic heterocycles. The van der Waals surface area contributed by atoms with Gasteiger partial charge in [-0.15, -0.1) is 0 Å². The number of hydrogen-bond donors (Lipinski definition) is 2. The van der Waals surface area contributed by atoms with Gasteiger partial charge >= 0.3 is 0 Å². The van der Waals surface area contributed by atoms with E-state index < -0.39 is 0 Å². The molecule has 1 aliphatic rings. The lowest BCUT2D eigenvalue weighted by molar-refractivity contribution is -0.384. The number of hydrogen-bond acceptors (Lipinski definition) is 5. The minimum Gasteiger partial charge on any atom is -0.392 e. The average Bonchev–Trinajstić information content (AvgIpc) is 2.45. The Labute approximate surface area is 124 Å². The standard InChI is InChI=1S/C15H23N3O3/c1-2-8-16-15-12(5-3-7-14(15)18(20)21)10-17-9-4-6-13(19)11-17/h3,5,7,13,16,19H,2,4,6,8-11H2,1H3. The average molecular weight is 293 g/mol. The quantitative estimate of drug-likeness (QED) is 0.622. The molecule has 0 saturated carbocycles. The lowest BCUT2D eigenvalue weighted by Gasteiger charge is -2.30. The summed E-state index contributed by atoms with van der Waals surface area (Å²) in [5, 5.41) is 24.1. The Morgan fingerprint density at radius 2 is 2.33 bits per heavy atom. The van der Waals surface area contributed by atoms with E-state index in [-0.39, 0.29) is 16.7 Å². The first kappa shape index (κ1) is 15.7. The molecule has 1 atom stereocenters. The van der Waals surface area contributed by atoms with Gasteiger partial charge in [-0.1, -0.05) is 19.1 Å². The molecular weight excluding hydrogens is 270 g/mol. The Morgan fingerprint density at radius 3 is 3.00 bits per heavy atom.